The van der Waals surface area contributed by atoms with Gasteiger partial charge in [-0.05, 0) is 24.0 Å². The number of rotatable bonds is 3. The lowest BCUT2D eigenvalue weighted by Gasteiger charge is -2.25. The summed E-state index contributed by atoms with van der Waals surface area (Å²) in [5.41, 5.74) is 4.90. The van der Waals surface area contributed by atoms with Gasteiger partial charge in [-0.15, -0.1) is 0 Å². The lowest BCUT2D eigenvalue weighted by atomic mass is 10.0. The summed E-state index contributed by atoms with van der Waals surface area (Å²) in [5.74, 6) is 0. The molecule has 2 aromatic rings. The largest absolute Gasteiger partial charge is 0.468 e. The average molecular weight is 242 g/mol. The summed E-state index contributed by atoms with van der Waals surface area (Å²) in [4.78, 5) is 0. The maximum Gasteiger partial charge on any atom is 0.116 e. The van der Waals surface area contributed by atoms with E-state index in [0.717, 1.165) is 30.8 Å². The van der Waals surface area contributed by atoms with E-state index in [1.165, 1.54) is 11.1 Å². The molecule has 1 aromatic heterocycles. The van der Waals surface area contributed by atoms with Crippen molar-refractivity contribution in [2.24, 2.45) is 0 Å². The Kier molecular flexibility index (Phi) is 2.97. The Balaban J connectivity index is 1.67. The summed E-state index contributed by atoms with van der Waals surface area (Å²) >= 11 is 0. The van der Waals surface area contributed by atoms with E-state index < -0.39 is 0 Å². The third kappa shape index (κ3) is 2.21. The molecule has 0 bridgehead atoms. The first-order valence-electron chi connectivity index (χ1n) is 6.49. The highest BCUT2D eigenvalue weighted by molar-refractivity contribution is 5.69. The van der Waals surface area contributed by atoms with Crippen LogP contribution in [0.3, 0.4) is 0 Å². The van der Waals surface area contributed by atoms with E-state index in [-0.39, 0.29) is 0 Å². The van der Waals surface area contributed by atoms with Gasteiger partial charge in [0.2, 0.25) is 0 Å². The van der Waals surface area contributed by atoms with E-state index in [1.807, 2.05) is 0 Å². The number of nitrogens with one attached hydrogen (secondary N) is 2. The van der Waals surface area contributed by atoms with Crippen molar-refractivity contribution in [3.8, 4) is 0 Å². The van der Waals surface area contributed by atoms with Gasteiger partial charge in [0.1, 0.15) is 12.5 Å². The van der Waals surface area contributed by atoms with Crippen LogP contribution in [0.15, 0.2) is 41.2 Å². The van der Waals surface area contributed by atoms with Crippen molar-refractivity contribution < 1.29 is 4.42 Å². The van der Waals surface area contributed by atoms with Crippen molar-refractivity contribution in [1.29, 1.82) is 0 Å². The minimum Gasteiger partial charge on any atom is -0.468 e. The fourth-order valence-electron chi connectivity index (χ4n) is 2.37. The number of hydrogen-bond acceptors (Lipinski definition) is 3. The van der Waals surface area contributed by atoms with E-state index in [1.54, 1.807) is 12.5 Å². The number of aryl methyl sites for hydroxylation is 1. The van der Waals surface area contributed by atoms with Gasteiger partial charge in [-0.1, -0.05) is 31.2 Å². The summed E-state index contributed by atoms with van der Waals surface area (Å²) < 4.78 is 5.17. The third-order valence-electron chi connectivity index (χ3n) is 3.47. The molecule has 3 heteroatoms. The van der Waals surface area contributed by atoms with Crippen LogP contribution in [0.2, 0.25) is 0 Å². The molecule has 0 amide bonds. The zero-order valence-corrected chi connectivity index (χ0v) is 10.6. The fourth-order valence-corrected chi connectivity index (χ4v) is 2.37. The minimum absolute atomic E-state index is 0.419. The summed E-state index contributed by atoms with van der Waals surface area (Å²) in [6.45, 7) is 3.12. The average Bonchev–Trinajstić information content (AvgIpc) is 2.87. The number of anilines is 2. The quantitative estimate of drug-likeness (QED) is 0.867. The van der Waals surface area contributed by atoms with E-state index in [0.29, 0.717) is 6.04 Å². The lowest BCUT2D eigenvalue weighted by molar-refractivity contribution is 0.569. The van der Waals surface area contributed by atoms with E-state index >= 15 is 0 Å². The van der Waals surface area contributed by atoms with Crippen molar-refractivity contribution in [1.82, 2.24) is 0 Å². The Morgan fingerprint density at radius 1 is 1.11 bits per heavy atom. The van der Waals surface area contributed by atoms with E-state index in [4.69, 9.17) is 4.42 Å². The number of benzene rings is 1. The Labute approximate surface area is 107 Å². The molecule has 1 aliphatic rings. The summed E-state index contributed by atoms with van der Waals surface area (Å²) in [7, 11) is 0. The normalized spacial score (nSPS) is 17.7. The van der Waals surface area contributed by atoms with Gasteiger partial charge in [0.15, 0.2) is 0 Å². The van der Waals surface area contributed by atoms with Gasteiger partial charge in [0.05, 0.1) is 11.4 Å². The maximum absolute atomic E-state index is 5.17. The highest BCUT2D eigenvalue weighted by Gasteiger charge is 2.18. The molecule has 2 N–H and O–H groups in total. The van der Waals surface area contributed by atoms with Crippen LogP contribution in [-0.2, 0) is 12.8 Å². The Hall–Kier alpha value is -1.90. The van der Waals surface area contributed by atoms with E-state index in [9.17, 15) is 0 Å². The molecule has 0 fully saturated rings. The van der Waals surface area contributed by atoms with Gasteiger partial charge in [-0.25, -0.2) is 0 Å². The molecule has 0 saturated carbocycles. The smallest absolute Gasteiger partial charge is 0.116 e. The molecule has 2 heterocycles. The number of fused-ring (bicyclic) bond motifs is 1. The number of furan rings is 1. The molecule has 1 aromatic carbocycles. The molecule has 94 valence electrons. The van der Waals surface area contributed by atoms with Crippen molar-refractivity contribution in [3.63, 3.8) is 0 Å². The first kappa shape index (κ1) is 11.2. The SMILES string of the molecule is CCc1ccc(CC2CNc3cocc3N2)cc1. The topological polar surface area (TPSA) is 37.2 Å². The van der Waals surface area contributed by atoms with Crippen molar-refractivity contribution in [3.05, 3.63) is 47.9 Å². The van der Waals surface area contributed by atoms with Crippen LogP contribution < -0.4 is 10.6 Å². The zero-order chi connectivity index (χ0) is 12.4. The number of hydrogen-bond donors (Lipinski definition) is 2. The molecule has 3 rings (SSSR count). The van der Waals surface area contributed by atoms with Gasteiger partial charge in [-0.3, -0.25) is 0 Å². The zero-order valence-electron chi connectivity index (χ0n) is 10.6. The van der Waals surface area contributed by atoms with Crippen LogP contribution in [0.5, 0.6) is 0 Å². The van der Waals surface area contributed by atoms with Crippen LogP contribution in [-0.4, -0.2) is 12.6 Å². The molecule has 1 aliphatic heterocycles. The molecular formula is C15H18N2O. The summed E-state index contributed by atoms with van der Waals surface area (Å²) in [6, 6.07) is 9.31. The van der Waals surface area contributed by atoms with Gasteiger partial charge >= 0.3 is 0 Å². The van der Waals surface area contributed by atoms with Gasteiger partial charge in [-0.2, -0.15) is 0 Å². The molecule has 1 unspecified atom stereocenters. The second kappa shape index (κ2) is 4.77. The van der Waals surface area contributed by atoms with E-state index in [2.05, 4.69) is 41.8 Å². The lowest BCUT2D eigenvalue weighted by Crippen LogP contribution is -2.34. The summed E-state index contributed by atoms with van der Waals surface area (Å²) in [6.07, 6.45) is 5.63. The molecule has 18 heavy (non-hydrogen) atoms. The van der Waals surface area contributed by atoms with Gasteiger partial charge in [0.25, 0.3) is 0 Å². The predicted molar refractivity (Wildman–Crippen MR) is 74.1 cm³/mol. The van der Waals surface area contributed by atoms with Gasteiger partial charge in [0, 0.05) is 12.6 Å². The highest BCUT2D eigenvalue weighted by atomic mass is 16.3. The molecule has 0 saturated heterocycles. The molecule has 0 radical (unpaired) electrons. The second-order valence-corrected chi connectivity index (χ2v) is 4.80. The first-order chi connectivity index (χ1) is 8.85. The monoisotopic (exact) mass is 242 g/mol. The Bertz CT molecular complexity index is 516. The van der Waals surface area contributed by atoms with Gasteiger partial charge < -0.3 is 15.1 Å². The maximum atomic E-state index is 5.17. The highest BCUT2D eigenvalue weighted by Crippen LogP contribution is 2.27. The summed E-state index contributed by atoms with van der Waals surface area (Å²) in [5, 5.41) is 6.88. The first-order valence-corrected chi connectivity index (χ1v) is 6.49. The molecule has 1 atom stereocenters. The molecular weight excluding hydrogens is 224 g/mol. The van der Waals surface area contributed by atoms with Crippen molar-refractivity contribution in [2.45, 2.75) is 25.8 Å². The third-order valence-corrected chi connectivity index (χ3v) is 3.47. The second-order valence-electron chi connectivity index (χ2n) is 4.80. The van der Waals surface area contributed by atoms with Crippen LogP contribution in [0.4, 0.5) is 11.4 Å². The molecule has 3 nitrogen and oxygen atoms in total. The minimum atomic E-state index is 0.419. The van der Waals surface area contributed by atoms with Crippen LogP contribution in [0, 0.1) is 0 Å². The Morgan fingerprint density at radius 3 is 2.61 bits per heavy atom. The van der Waals surface area contributed by atoms with Crippen LogP contribution >= 0.6 is 0 Å². The standard InChI is InChI=1S/C15H18N2O/c1-2-11-3-5-12(6-4-11)7-13-8-16-14-9-18-10-15(14)17-13/h3-6,9-10,13,16-17H,2,7-8H2,1H3. The van der Waals surface area contributed by atoms with Crippen LogP contribution in [0.25, 0.3) is 0 Å². The fraction of sp³-hybridized carbons (Fsp3) is 0.333. The van der Waals surface area contributed by atoms with Crippen LogP contribution in [0.1, 0.15) is 18.1 Å². The molecule has 0 aliphatic carbocycles. The Morgan fingerprint density at radius 2 is 1.83 bits per heavy atom. The predicted octanol–water partition coefficient (Wildman–Crippen LogP) is 3.29. The van der Waals surface area contributed by atoms with Crippen molar-refractivity contribution >= 4 is 11.4 Å². The molecule has 0 spiro atoms. The van der Waals surface area contributed by atoms with Crippen molar-refractivity contribution in [2.75, 3.05) is 17.2 Å².